The lowest BCUT2D eigenvalue weighted by atomic mass is 10.3. The Morgan fingerprint density at radius 1 is 0.778 bits per heavy atom. The lowest BCUT2D eigenvalue weighted by Crippen LogP contribution is -2.08. The normalized spacial score (nSPS) is 12.4. The molecule has 0 N–H and O–H groups in total. The first kappa shape index (κ1) is 19.0. The number of hydrogen-bond donors (Lipinski definition) is 0. The van der Waals surface area contributed by atoms with E-state index in [1.807, 2.05) is 32.0 Å². The Balaban J connectivity index is 2.33. The standard InChI is InChI=1S/C24H24O2S/c1-3-26-24(25)20(2)19-27(21-13-7-4-8-14-21,22-15-9-5-10-16-22)23-17-11-6-12-18-23/h4-19H,3H2,1-2H3. The van der Waals surface area contributed by atoms with E-state index in [9.17, 15) is 4.79 Å². The molecule has 27 heavy (non-hydrogen) atoms. The summed E-state index contributed by atoms with van der Waals surface area (Å²) in [6.45, 7) is 4.04. The van der Waals surface area contributed by atoms with Crippen LogP contribution in [0.3, 0.4) is 0 Å². The second-order valence-electron chi connectivity index (χ2n) is 6.12. The second-order valence-corrected chi connectivity index (χ2v) is 9.09. The molecule has 0 aliphatic rings. The lowest BCUT2D eigenvalue weighted by Gasteiger charge is -2.39. The number of hydrogen-bond acceptors (Lipinski definition) is 2. The zero-order valence-corrected chi connectivity index (χ0v) is 16.5. The Labute approximate surface area is 162 Å². The number of esters is 1. The van der Waals surface area contributed by atoms with E-state index in [0.29, 0.717) is 12.2 Å². The average molecular weight is 377 g/mol. The predicted molar refractivity (Wildman–Crippen MR) is 112 cm³/mol. The Kier molecular flexibility index (Phi) is 6.15. The van der Waals surface area contributed by atoms with Crippen molar-refractivity contribution in [2.75, 3.05) is 6.61 Å². The van der Waals surface area contributed by atoms with E-state index >= 15 is 0 Å². The van der Waals surface area contributed by atoms with Crippen molar-refractivity contribution in [1.29, 1.82) is 0 Å². The quantitative estimate of drug-likeness (QED) is 0.366. The van der Waals surface area contributed by atoms with Gasteiger partial charge in [-0.2, -0.15) is 0 Å². The molecule has 2 nitrogen and oxygen atoms in total. The molecule has 0 atom stereocenters. The van der Waals surface area contributed by atoms with Gasteiger partial charge in [-0.3, -0.25) is 0 Å². The highest BCUT2D eigenvalue weighted by molar-refractivity contribution is 8.36. The molecule has 0 aliphatic carbocycles. The van der Waals surface area contributed by atoms with Crippen LogP contribution in [0.25, 0.3) is 0 Å². The topological polar surface area (TPSA) is 26.3 Å². The van der Waals surface area contributed by atoms with E-state index < -0.39 is 10.0 Å². The van der Waals surface area contributed by atoms with Gasteiger partial charge in [0.15, 0.2) is 0 Å². The van der Waals surface area contributed by atoms with Crippen molar-refractivity contribution >= 4 is 16.0 Å². The number of rotatable bonds is 6. The summed E-state index contributed by atoms with van der Waals surface area (Å²) < 4.78 is 5.26. The first-order chi connectivity index (χ1) is 13.2. The summed E-state index contributed by atoms with van der Waals surface area (Å²) in [7, 11) is -1.76. The minimum absolute atomic E-state index is 0.267. The van der Waals surface area contributed by atoms with Gasteiger partial charge in [-0.15, -0.1) is 10.0 Å². The van der Waals surface area contributed by atoms with Gasteiger partial charge in [0.2, 0.25) is 0 Å². The fourth-order valence-corrected chi connectivity index (χ4v) is 6.69. The first-order valence-electron chi connectivity index (χ1n) is 9.02. The van der Waals surface area contributed by atoms with Gasteiger partial charge < -0.3 is 4.74 Å². The minimum Gasteiger partial charge on any atom is -0.463 e. The Bertz CT molecular complexity index is 806. The van der Waals surface area contributed by atoms with E-state index in [2.05, 4.69) is 78.2 Å². The van der Waals surface area contributed by atoms with Crippen LogP contribution in [0, 0.1) is 0 Å². The van der Waals surface area contributed by atoms with Gasteiger partial charge in [0.05, 0.1) is 6.61 Å². The monoisotopic (exact) mass is 376 g/mol. The van der Waals surface area contributed by atoms with Crippen LogP contribution in [0.2, 0.25) is 0 Å². The molecule has 3 aromatic carbocycles. The SMILES string of the molecule is CCOC(=O)C(C)=CS(c1ccccc1)(c1ccccc1)c1ccccc1. The molecular weight excluding hydrogens is 352 g/mol. The molecule has 0 saturated carbocycles. The summed E-state index contributed by atoms with van der Waals surface area (Å²) in [4.78, 5) is 16.0. The highest BCUT2D eigenvalue weighted by Crippen LogP contribution is 2.69. The molecule has 0 saturated heterocycles. The third-order valence-electron chi connectivity index (χ3n) is 4.30. The Morgan fingerprint density at radius 3 is 1.48 bits per heavy atom. The zero-order valence-electron chi connectivity index (χ0n) is 15.7. The predicted octanol–water partition coefficient (Wildman–Crippen LogP) is 6.44. The van der Waals surface area contributed by atoms with Crippen LogP contribution < -0.4 is 0 Å². The lowest BCUT2D eigenvalue weighted by molar-refractivity contribution is -0.138. The van der Waals surface area contributed by atoms with Crippen molar-refractivity contribution in [3.8, 4) is 0 Å². The molecule has 0 aromatic heterocycles. The minimum atomic E-state index is -1.76. The molecule has 3 rings (SSSR count). The Morgan fingerprint density at radius 2 is 1.15 bits per heavy atom. The fourth-order valence-electron chi connectivity index (χ4n) is 3.08. The summed E-state index contributed by atoms with van der Waals surface area (Å²) in [5.74, 6) is -0.267. The van der Waals surface area contributed by atoms with Gasteiger partial charge in [0, 0.05) is 20.3 Å². The number of carbonyl (C=O) groups excluding carboxylic acids is 1. The van der Waals surface area contributed by atoms with Crippen LogP contribution in [0.4, 0.5) is 0 Å². The maximum absolute atomic E-state index is 12.4. The van der Waals surface area contributed by atoms with Gasteiger partial charge in [-0.1, -0.05) is 54.6 Å². The molecule has 0 unspecified atom stereocenters. The van der Waals surface area contributed by atoms with Crippen LogP contribution in [0.5, 0.6) is 0 Å². The molecule has 0 radical (unpaired) electrons. The highest BCUT2D eigenvalue weighted by Gasteiger charge is 2.30. The van der Waals surface area contributed by atoms with Gasteiger partial charge in [0.25, 0.3) is 0 Å². The van der Waals surface area contributed by atoms with Gasteiger partial charge >= 0.3 is 5.97 Å². The number of carbonyl (C=O) groups is 1. The van der Waals surface area contributed by atoms with E-state index in [-0.39, 0.29) is 5.97 Å². The maximum Gasteiger partial charge on any atom is 0.334 e. The van der Waals surface area contributed by atoms with Gasteiger partial charge in [-0.05, 0) is 55.7 Å². The van der Waals surface area contributed by atoms with Crippen molar-refractivity contribution in [2.45, 2.75) is 28.5 Å². The second kappa shape index (κ2) is 8.74. The van der Waals surface area contributed by atoms with Crippen LogP contribution >= 0.6 is 10.0 Å². The Hall–Kier alpha value is -2.78. The fraction of sp³-hybridized carbons (Fsp3) is 0.125. The van der Waals surface area contributed by atoms with Crippen molar-refractivity contribution in [2.24, 2.45) is 0 Å². The van der Waals surface area contributed by atoms with E-state index in [0.717, 1.165) is 0 Å². The van der Waals surface area contributed by atoms with Gasteiger partial charge in [-0.25, -0.2) is 4.79 Å². The van der Waals surface area contributed by atoms with E-state index in [4.69, 9.17) is 4.74 Å². The summed E-state index contributed by atoms with van der Waals surface area (Å²) in [6, 6.07) is 31.2. The average Bonchev–Trinajstić information content (AvgIpc) is 2.74. The van der Waals surface area contributed by atoms with Crippen molar-refractivity contribution < 1.29 is 9.53 Å². The zero-order chi connectivity index (χ0) is 19.1. The molecule has 0 amide bonds. The van der Waals surface area contributed by atoms with Crippen LogP contribution in [-0.2, 0) is 9.53 Å². The third-order valence-corrected chi connectivity index (χ3v) is 8.05. The molecule has 0 aliphatic heterocycles. The largest absolute Gasteiger partial charge is 0.463 e. The molecule has 138 valence electrons. The third kappa shape index (κ3) is 3.99. The van der Waals surface area contributed by atoms with E-state index in [1.165, 1.54) is 14.7 Å². The van der Waals surface area contributed by atoms with Crippen molar-refractivity contribution in [3.05, 3.63) is 102 Å². The van der Waals surface area contributed by atoms with E-state index in [1.54, 1.807) is 0 Å². The summed E-state index contributed by atoms with van der Waals surface area (Å²) in [5, 5.41) is 2.12. The van der Waals surface area contributed by atoms with Crippen LogP contribution in [-0.4, -0.2) is 12.6 Å². The summed E-state index contributed by atoms with van der Waals surface area (Å²) in [5.41, 5.74) is 0.628. The molecule has 0 bridgehead atoms. The summed E-state index contributed by atoms with van der Waals surface area (Å²) in [6.07, 6.45) is 0. The highest BCUT2D eigenvalue weighted by atomic mass is 32.3. The van der Waals surface area contributed by atoms with Crippen LogP contribution in [0.15, 0.2) is 117 Å². The van der Waals surface area contributed by atoms with Crippen LogP contribution in [0.1, 0.15) is 13.8 Å². The maximum atomic E-state index is 12.4. The molecular formula is C24H24O2S. The summed E-state index contributed by atoms with van der Waals surface area (Å²) >= 11 is 0. The molecule has 0 fully saturated rings. The smallest absolute Gasteiger partial charge is 0.334 e. The molecule has 0 heterocycles. The molecule has 0 spiro atoms. The van der Waals surface area contributed by atoms with Crippen molar-refractivity contribution in [1.82, 2.24) is 0 Å². The number of ether oxygens (including phenoxy) is 1. The first-order valence-corrected chi connectivity index (χ1v) is 10.7. The molecule has 3 aromatic rings. The number of benzene rings is 3. The van der Waals surface area contributed by atoms with Gasteiger partial charge in [0.1, 0.15) is 0 Å². The molecule has 3 heteroatoms. The van der Waals surface area contributed by atoms with Crippen molar-refractivity contribution in [3.63, 3.8) is 0 Å².